The summed E-state index contributed by atoms with van der Waals surface area (Å²) in [6, 6.07) is 10.4. The molecule has 1 heterocycles. The number of rotatable bonds is 12. The molecule has 2 aromatic carbocycles. The fraction of sp³-hybridized carbons (Fsp3) is 0.462. The lowest BCUT2D eigenvalue weighted by Crippen LogP contribution is -2.27. The van der Waals surface area contributed by atoms with Crippen molar-refractivity contribution in [1.29, 1.82) is 0 Å². The van der Waals surface area contributed by atoms with Crippen molar-refractivity contribution in [2.45, 2.75) is 27.7 Å². The maximum atomic E-state index is 12.6. The number of carbonyl (C=O) groups is 2. The maximum absolute atomic E-state index is 12.6. The number of nitrogens with zero attached hydrogens (tertiary/aromatic N) is 2. The fourth-order valence-corrected chi connectivity index (χ4v) is 3.81. The summed E-state index contributed by atoms with van der Waals surface area (Å²) in [6.45, 7) is 14.1. The molecule has 8 heteroatoms. The van der Waals surface area contributed by atoms with Crippen LogP contribution in [0.2, 0.25) is 0 Å². The standard InChI is InChI=1S/C26H34N2O5.ClH/c1-5-27(6-2)13-15-31-25(29)19-9-11-23-21(17-19)22-18-20(10-12-24(22)33-23)26(30)32-16-14-28(7-3)8-4;/h9-12,17-18H,5-8,13-16H2,1-4H3;1H. The topological polar surface area (TPSA) is 72.2 Å². The predicted molar refractivity (Wildman–Crippen MR) is 137 cm³/mol. The highest BCUT2D eigenvalue weighted by Gasteiger charge is 2.16. The lowest BCUT2D eigenvalue weighted by atomic mass is 10.1. The number of esters is 2. The quantitative estimate of drug-likeness (QED) is 0.330. The van der Waals surface area contributed by atoms with Crippen LogP contribution in [-0.4, -0.2) is 74.2 Å². The fourth-order valence-electron chi connectivity index (χ4n) is 3.81. The Morgan fingerprint density at radius 1 is 0.706 bits per heavy atom. The van der Waals surface area contributed by atoms with Crippen LogP contribution < -0.4 is 0 Å². The first-order chi connectivity index (χ1) is 16.0. The van der Waals surface area contributed by atoms with E-state index in [0.717, 1.165) is 37.0 Å². The summed E-state index contributed by atoms with van der Waals surface area (Å²) < 4.78 is 16.8. The zero-order chi connectivity index (χ0) is 23.8. The first-order valence-corrected chi connectivity index (χ1v) is 11.8. The number of hydrogen-bond acceptors (Lipinski definition) is 7. The third-order valence-electron chi connectivity index (χ3n) is 6.01. The summed E-state index contributed by atoms with van der Waals surface area (Å²) in [7, 11) is 0. The number of hydrogen-bond donors (Lipinski definition) is 0. The normalized spacial score (nSPS) is 11.2. The van der Waals surface area contributed by atoms with Crippen LogP contribution in [0.4, 0.5) is 0 Å². The van der Waals surface area contributed by atoms with Crippen molar-refractivity contribution in [3.63, 3.8) is 0 Å². The van der Waals surface area contributed by atoms with Gasteiger partial charge in [-0.15, -0.1) is 12.4 Å². The number of furan rings is 1. The Balaban J connectivity index is 0.00000408. The van der Waals surface area contributed by atoms with E-state index in [1.807, 2.05) is 0 Å². The van der Waals surface area contributed by atoms with E-state index in [4.69, 9.17) is 13.9 Å². The molecule has 7 nitrogen and oxygen atoms in total. The Morgan fingerprint density at radius 3 is 1.44 bits per heavy atom. The third kappa shape index (κ3) is 6.72. The molecule has 34 heavy (non-hydrogen) atoms. The van der Waals surface area contributed by atoms with Crippen molar-refractivity contribution in [3.8, 4) is 0 Å². The van der Waals surface area contributed by atoms with Crippen LogP contribution in [0.5, 0.6) is 0 Å². The molecule has 0 aliphatic rings. The van der Waals surface area contributed by atoms with E-state index in [-0.39, 0.29) is 24.3 Å². The number of halogens is 1. The molecule has 0 saturated carbocycles. The Morgan fingerprint density at radius 2 is 1.09 bits per heavy atom. The minimum Gasteiger partial charge on any atom is -0.461 e. The van der Waals surface area contributed by atoms with Gasteiger partial charge in [0.2, 0.25) is 0 Å². The Hall–Kier alpha value is -2.61. The molecule has 1 aromatic heterocycles. The highest BCUT2D eigenvalue weighted by molar-refractivity contribution is 6.09. The average Bonchev–Trinajstić information content (AvgIpc) is 3.21. The van der Waals surface area contributed by atoms with E-state index in [1.165, 1.54) is 0 Å². The van der Waals surface area contributed by atoms with E-state index in [9.17, 15) is 9.59 Å². The van der Waals surface area contributed by atoms with Crippen LogP contribution in [0.3, 0.4) is 0 Å². The molecule has 0 atom stereocenters. The second kappa shape index (κ2) is 13.3. The van der Waals surface area contributed by atoms with Crippen LogP contribution in [0, 0.1) is 0 Å². The SMILES string of the molecule is CCN(CC)CCOC(=O)c1ccc2oc3ccc(C(=O)OCCN(CC)CC)cc3c2c1.Cl. The smallest absolute Gasteiger partial charge is 0.338 e. The largest absolute Gasteiger partial charge is 0.461 e. The summed E-state index contributed by atoms with van der Waals surface area (Å²) in [6.07, 6.45) is 0. The summed E-state index contributed by atoms with van der Waals surface area (Å²) in [5.74, 6) is -0.740. The van der Waals surface area contributed by atoms with Crippen molar-refractivity contribution in [2.24, 2.45) is 0 Å². The van der Waals surface area contributed by atoms with Gasteiger partial charge in [-0.3, -0.25) is 0 Å². The summed E-state index contributed by atoms with van der Waals surface area (Å²) in [5.41, 5.74) is 2.21. The lowest BCUT2D eigenvalue weighted by molar-refractivity contribution is 0.0458. The molecule has 0 N–H and O–H groups in total. The monoisotopic (exact) mass is 490 g/mol. The molecule has 0 aliphatic carbocycles. The van der Waals surface area contributed by atoms with E-state index in [0.29, 0.717) is 48.6 Å². The molecule has 0 saturated heterocycles. The van der Waals surface area contributed by atoms with Crippen LogP contribution in [0.1, 0.15) is 48.4 Å². The summed E-state index contributed by atoms with van der Waals surface area (Å²) in [5, 5.41) is 1.53. The second-order valence-corrected chi connectivity index (χ2v) is 7.85. The molecule has 0 amide bonds. The van der Waals surface area contributed by atoms with Gasteiger partial charge in [-0.25, -0.2) is 9.59 Å². The number of likely N-dealkylation sites (N-methyl/N-ethyl adjacent to an activating group) is 2. The van der Waals surface area contributed by atoms with Gasteiger partial charge in [0.25, 0.3) is 0 Å². The first-order valence-electron chi connectivity index (χ1n) is 11.8. The predicted octanol–water partition coefficient (Wildman–Crippen LogP) is 5.01. The molecule has 3 rings (SSSR count). The van der Waals surface area contributed by atoms with Crippen LogP contribution >= 0.6 is 12.4 Å². The summed E-state index contributed by atoms with van der Waals surface area (Å²) in [4.78, 5) is 29.5. The van der Waals surface area contributed by atoms with Gasteiger partial charge in [-0.2, -0.15) is 0 Å². The molecule has 0 unspecified atom stereocenters. The highest BCUT2D eigenvalue weighted by atomic mass is 35.5. The molecule has 0 bridgehead atoms. The van der Waals surface area contributed by atoms with E-state index in [1.54, 1.807) is 36.4 Å². The Bertz CT molecular complexity index is 1010. The van der Waals surface area contributed by atoms with E-state index < -0.39 is 0 Å². The molecule has 186 valence electrons. The highest BCUT2D eigenvalue weighted by Crippen LogP contribution is 2.30. The van der Waals surface area contributed by atoms with Crippen molar-refractivity contribution < 1.29 is 23.5 Å². The zero-order valence-electron chi connectivity index (χ0n) is 20.5. The lowest BCUT2D eigenvalue weighted by Gasteiger charge is -2.17. The maximum Gasteiger partial charge on any atom is 0.338 e. The number of fused-ring (bicyclic) bond motifs is 3. The van der Waals surface area contributed by atoms with Crippen molar-refractivity contribution >= 4 is 46.3 Å². The molecule has 0 fully saturated rings. The second-order valence-electron chi connectivity index (χ2n) is 7.85. The van der Waals surface area contributed by atoms with E-state index in [2.05, 4.69) is 37.5 Å². The minimum absolute atomic E-state index is 0. The van der Waals surface area contributed by atoms with Gasteiger partial charge in [-0.05, 0) is 62.6 Å². The van der Waals surface area contributed by atoms with Gasteiger partial charge in [0.1, 0.15) is 24.4 Å². The van der Waals surface area contributed by atoms with Crippen LogP contribution in [-0.2, 0) is 9.47 Å². The summed E-state index contributed by atoms with van der Waals surface area (Å²) >= 11 is 0. The number of carbonyl (C=O) groups excluding carboxylic acids is 2. The Kier molecular flexibility index (Phi) is 10.8. The number of benzene rings is 2. The van der Waals surface area contributed by atoms with Gasteiger partial charge in [0.05, 0.1) is 11.1 Å². The van der Waals surface area contributed by atoms with Crippen molar-refractivity contribution in [1.82, 2.24) is 9.80 Å². The average molecular weight is 491 g/mol. The van der Waals surface area contributed by atoms with Gasteiger partial charge >= 0.3 is 11.9 Å². The van der Waals surface area contributed by atoms with Crippen LogP contribution in [0.15, 0.2) is 40.8 Å². The zero-order valence-corrected chi connectivity index (χ0v) is 21.3. The van der Waals surface area contributed by atoms with Crippen LogP contribution in [0.25, 0.3) is 21.9 Å². The number of ether oxygens (including phenoxy) is 2. The Labute approximate surface area is 207 Å². The van der Waals surface area contributed by atoms with Gasteiger partial charge in [-0.1, -0.05) is 27.7 Å². The van der Waals surface area contributed by atoms with Crippen molar-refractivity contribution in [2.75, 3.05) is 52.5 Å². The molecule has 0 aliphatic heterocycles. The van der Waals surface area contributed by atoms with Gasteiger partial charge < -0.3 is 23.7 Å². The van der Waals surface area contributed by atoms with E-state index >= 15 is 0 Å². The molecule has 0 radical (unpaired) electrons. The van der Waals surface area contributed by atoms with Crippen molar-refractivity contribution in [3.05, 3.63) is 47.5 Å². The first kappa shape index (κ1) is 27.6. The molecular formula is C26H35ClN2O5. The molecule has 3 aromatic rings. The minimum atomic E-state index is -0.370. The molecular weight excluding hydrogens is 456 g/mol. The van der Waals surface area contributed by atoms with Gasteiger partial charge in [0, 0.05) is 23.9 Å². The van der Waals surface area contributed by atoms with Gasteiger partial charge in [0.15, 0.2) is 0 Å². The third-order valence-corrected chi connectivity index (χ3v) is 6.01. The molecule has 0 spiro atoms.